The molecule has 4 rings (SSSR count). The summed E-state index contributed by atoms with van der Waals surface area (Å²) in [7, 11) is 0. The van der Waals surface area contributed by atoms with Crippen molar-refractivity contribution < 1.29 is 23.9 Å². The van der Waals surface area contributed by atoms with Crippen LogP contribution in [0.4, 0.5) is 5.69 Å². The maximum atomic E-state index is 12.2. The zero-order valence-electron chi connectivity index (χ0n) is 21.6. The lowest BCUT2D eigenvalue weighted by atomic mass is 10.1. The van der Waals surface area contributed by atoms with Gasteiger partial charge >= 0.3 is 11.8 Å². The van der Waals surface area contributed by atoms with Crippen LogP contribution in [0.3, 0.4) is 0 Å². The predicted molar refractivity (Wildman–Crippen MR) is 152 cm³/mol. The highest BCUT2D eigenvalue weighted by atomic mass is 16.5. The Hall–Kier alpha value is -5.44. The maximum absolute atomic E-state index is 12.2. The van der Waals surface area contributed by atoms with Crippen LogP contribution in [0.15, 0.2) is 114 Å². The highest BCUT2D eigenvalue weighted by Crippen LogP contribution is 2.22. The van der Waals surface area contributed by atoms with Crippen LogP contribution >= 0.6 is 0 Å². The number of para-hydroxylation sites is 1. The largest absolute Gasteiger partial charge is 0.484 e. The maximum Gasteiger partial charge on any atom is 0.329 e. The third-order valence-corrected chi connectivity index (χ3v) is 5.51. The summed E-state index contributed by atoms with van der Waals surface area (Å²) in [6, 6.07) is 32.6. The molecule has 0 unspecified atom stereocenters. The number of benzene rings is 4. The number of carbonyl (C=O) groups is 3. The van der Waals surface area contributed by atoms with Crippen LogP contribution in [0.1, 0.15) is 11.1 Å². The standard InChI is InChI=1S/C31H28N4O5/c36-29(32-20-19-23-7-3-1-4-8-23)22-39-26-15-11-24(12-16-26)21-33-35-31(38)30(37)34-25-13-17-28(18-14-25)40-27-9-5-2-6-10-27/h1-18,21H,19-20,22H2,(H,32,36)(H,34,37)(H,35,38)/b33-21-. The quantitative estimate of drug-likeness (QED) is 0.150. The minimum atomic E-state index is -0.918. The van der Waals surface area contributed by atoms with Gasteiger partial charge in [-0.3, -0.25) is 14.4 Å². The number of rotatable bonds is 11. The molecule has 4 aromatic rings. The van der Waals surface area contributed by atoms with E-state index in [2.05, 4.69) is 21.2 Å². The summed E-state index contributed by atoms with van der Waals surface area (Å²) in [6.07, 6.45) is 2.14. The van der Waals surface area contributed by atoms with Crippen molar-refractivity contribution in [3.63, 3.8) is 0 Å². The van der Waals surface area contributed by atoms with Gasteiger partial charge in [0.1, 0.15) is 17.2 Å². The van der Waals surface area contributed by atoms with Crippen molar-refractivity contribution in [1.29, 1.82) is 0 Å². The van der Waals surface area contributed by atoms with E-state index in [1.807, 2.05) is 60.7 Å². The van der Waals surface area contributed by atoms with Crippen LogP contribution in [0.5, 0.6) is 17.2 Å². The fourth-order valence-corrected chi connectivity index (χ4v) is 3.48. The molecule has 0 aliphatic heterocycles. The summed E-state index contributed by atoms with van der Waals surface area (Å²) < 4.78 is 11.2. The smallest absolute Gasteiger partial charge is 0.329 e. The van der Waals surface area contributed by atoms with Gasteiger partial charge in [-0.2, -0.15) is 5.10 Å². The molecule has 0 fully saturated rings. The molecule has 0 bridgehead atoms. The first-order valence-electron chi connectivity index (χ1n) is 12.6. The Morgan fingerprint density at radius 3 is 2.02 bits per heavy atom. The molecule has 9 nitrogen and oxygen atoms in total. The fourth-order valence-electron chi connectivity index (χ4n) is 3.48. The van der Waals surface area contributed by atoms with E-state index in [9.17, 15) is 14.4 Å². The van der Waals surface area contributed by atoms with Crippen molar-refractivity contribution in [2.75, 3.05) is 18.5 Å². The van der Waals surface area contributed by atoms with Crippen LogP contribution in [-0.4, -0.2) is 37.1 Å². The SMILES string of the molecule is O=C(COc1ccc(/C=N\NC(=O)C(=O)Nc2ccc(Oc3ccccc3)cc2)cc1)NCCc1ccccc1. The molecule has 0 saturated carbocycles. The number of amides is 3. The second kappa shape index (κ2) is 14.5. The molecule has 3 N–H and O–H groups in total. The Labute approximate surface area is 231 Å². The number of hydrazone groups is 1. The lowest BCUT2D eigenvalue weighted by molar-refractivity contribution is -0.136. The van der Waals surface area contributed by atoms with Gasteiger partial charge in [-0.05, 0) is 78.2 Å². The molecule has 3 amide bonds. The Bertz CT molecular complexity index is 1420. The Morgan fingerprint density at radius 2 is 1.32 bits per heavy atom. The lowest BCUT2D eigenvalue weighted by Gasteiger charge is -2.08. The zero-order valence-corrected chi connectivity index (χ0v) is 21.6. The first-order chi connectivity index (χ1) is 19.5. The topological polar surface area (TPSA) is 118 Å². The van der Waals surface area contributed by atoms with Gasteiger partial charge in [0.2, 0.25) is 0 Å². The molecule has 0 saturated heterocycles. The van der Waals surface area contributed by atoms with Crippen molar-refractivity contribution in [1.82, 2.24) is 10.7 Å². The summed E-state index contributed by atoms with van der Waals surface area (Å²) in [4.78, 5) is 36.2. The van der Waals surface area contributed by atoms with E-state index >= 15 is 0 Å². The number of nitrogens with one attached hydrogen (secondary N) is 3. The molecule has 0 spiro atoms. The molecule has 9 heteroatoms. The average molecular weight is 537 g/mol. The molecule has 40 heavy (non-hydrogen) atoms. The van der Waals surface area contributed by atoms with E-state index in [-0.39, 0.29) is 12.5 Å². The van der Waals surface area contributed by atoms with Crippen LogP contribution < -0.4 is 25.5 Å². The second-order valence-electron chi connectivity index (χ2n) is 8.54. The van der Waals surface area contributed by atoms with E-state index in [1.165, 1.54) is 6.21 Å². The van der Waals surface area contributed by atoms with Crippen LogP contribution in [0.2, 0.25) is 0 Å². The number of anilines is 1. The fraction of sp³-hybridized carbons (Fsp3) is 0.0968. The molecule has 0 atom stereocenters. The van der Waals surface area contributed by atoms with Crippen LogP contribution in [0.25, 0.3) is 0 Å². The van der Waals surface area contributed by atoms with Gasteiger partial charge in [0, 0.05) is 12.2 Å². The van der Waals surface area contributed by atoms with E-state index in [0.717, 1.165) is 12.0 Å². The van der Waals surface area contributed by atoms with Gasteiger partial charge in [-0.15, -0.1) is 0 Å². The van der Waals surface area contributed by atoms with Crippen molar-refractivity contribution in [2.24, 2.45) is 5.10 Å². The third-order valence-electron chi connectivity index (χ3n) is 5.51. The van der Waals surface area contributed by atoms with E-state index in [4.69, 9.17) is 9.47 Å². The van der Waals surface area contributed by atoms with Gasteiger partial charge in [0.05, 0.1) is 6.21 Å². The zero-order chi connectivity index (χ0) is 28.0. The predicted octanol–water partition coefficient (Wildman–Crippen LogP) is 4.31. The van der Waals surface area contributed by atoms with Crippen molar-refractivity contribution >= 4 is 29.6 Å². The molecule has 202 valence electrons. The molecular weight excluding hydrogens is 508 g/mol. The first kappa shape index (κ1) is 27.6. The summed E-state index contributed by atoms with van der Waals surface area (Å²) in [6.45, 7) is 0.428. The van der Waals surface area contributed by atoms with E-state index < -0.39 is 11.8 Å². The number of ether oxygens (including phenoxy) is 2. The molecule has 0 aliphatic carbocycles. The average Bonchev–Trinajstić information content (AvgIpc) is 2.99. The van der Waals surface area contributed by atoms with Gasteiger partial charge in [-0.25, -0.2) is 5.43 Å². The molecule has 0 aromatic heterocycles. The van der Waals surface area contributed by atoms with E-state index in [1.54, 1.807) is 48.5 Å². The minimum Gasteiger partial charge on any atom is -0.484 e. The number of nitrogens with zero attached hydrogens (tertiary/aromatic N) is 1. The van der Waals surface area contributed by atoms with Gasteiger partial charge < -0.3 is 20.1 Å². The number of hydrogen-bond donors (Lipinski definition) is 3. The van der Waals surface area contributed by atoms with Gasteiger partial charge in [-0.1, -0.05) is 48.5 Å². The molecule has 4 aromatic carbocycles. The second-order valence-corrected chi connectivity index (χ2v) is 8.54. The minimum absolute atomic E-state index is 0.101. The summed E-state index contributed by atoms with van der Waals surface area (Å²) in [5.74, 6) is -0.190. The van der Waals surface area contributed by atoms with Crippen LogP contribution in [0, 0.1) is 0 Å². The Kier molecular flexibility index (Phi) is 9.99. The van der Waals surface area contributed by atoms with Crippen LogP contribution in [-0.2, 0) is 20.8 Å². The number of hydrogen-bond acceptors (Lipinski definition) is 6. The van der Waals surface area contributed by atoms with Crippen molar-refractivity contribution in [3.05, 3.63) is 120 Å². The summed E-state index contributed by atoms with van der Waals surface area (Å²) in [5.41, 5.74) is 4.44. The highest BCUT2D eigenvalue weighted by Gasteiger charge is 2.13. The van der Waals surface area contributed by atoms with Crippen molar-refractivity contribution in [3.8, 4) is 17.2 Å². The first-order valence-corrected chi connectivity index (χ1v) is 12.6. The van der Waals surface area contributed by atoms with Crippen molar-refractivity contribution in [2.45, 2.75) is 6.42 Å². The van der Waals surface area contributed by atoms with Gasteiger partial charge in [0.25, 0.3) is 5.91 Å². The molecule has 0 heterocycles. The summed E-state index contributed by atoms with van der Waals surface area (Å²) >= 11 is 0. The monoisotopic (exact) mass is 536 g/mol. The normalized spacial score (nSPS) is 10.5. The molecule has 0 radical (unpaired) electrons. The third kappa shape index (κ3) is 9.14. The van der Waals surface area contributed by atoms with E-state index in [0.29, 0.717) is 35.0 Å². The highest BCUT2D eigenvalue weighted by molar-refractivity contribution is 6.39. The molecule has 0 aliphatic rings. The number of carbonyl (C=O) groups excluding carboxylic acids is 3. The lowest BCUT2D eigenvalue weighted by Crippen LogP contribution is -2.32. The Morgan fingerprint density at radius 1 is 0.700 bits per heavy atom. The Balaban J connectivity index is 1.15. The van der Waals surface area contributed by atoms with Gasteiger partial charge in [0.15, 0.2) is 6.61 Å². The molecular formula is C31H28N4O5. The summed E-state index contributed by atoms with van der Waals surface area (Å²) in [5, 5.41) is 9.14.